The fourth-order valence-corrected chi connectivity index (χ4v) is 5.17. The van der Waals surface area contributed by atoms with Gasteiger partial charge >= 0.3 is 6.03 Å². The number of H-pyrrole nitrogens is 1. The molecule has 2 fully saturated rings. The topological polar surface area (TPSA) is 39.3 Å². The Morgan fingerprint density at radius 1 is 1.25 bits per heavy atom. The molecule has 2 atom stereocenters. The van der Waals surface area contributed by atoms with Gasteiger partial charge in [-0.3, -0.25) is 0 Å². The summed E-state index contributed by atoms with van der Waals surface area (Å²) < 4.78 is 0. The Bertz CT molecular complexity index is 725. The molecule has 0 radical (unpaired) electrons. The number of thioether (sulfide) groups is 1. The molecule has 20 heavy (non-hydrogen) atoms. The highest BCUT2D eigenvalue weighted by molar-refractivity contribution is 7.99. The Hall–Kier alpha value is -1.62. The number of carbonyl (C=O) groups is 1. The zero-order chi connectivity index (χ0) is 13.3. The smallest absolute Gasteiger partial charge is 0.321 e. The Labute approximate surface area is 121 Å². The summed E-state index contributed by atoms with van der Waals surface area (Å²) in [4.78, 5) is 20.2. The minimum atomic E-state index is 0.230. The largest absolute Gasteiger partial charge is 0.356 e. The molecule has 3 aliphatic heterocycles. The van der Waals surface area contributed by atoms with E-state index in [9.17, 15) is 4.79 Å². The van der Waals surface area contributed by atoms with Crippen molar-refractivity contribution < 1.29 is 4.79 Å². The van der Waals surface area contributed by atoms with Crippen LogP contribution in [-0.2, 0) is 6.42 Å². The first-order chi connectivity index (χ1) is 9.84. The minimum absolute atomic E-state index is 0.230. The Kier molecular flexibility index (Phi) is 2.06. The van der Waals surface area contributed by atoms with Crippen molar-refractivity contribution in [1.29, 1.82) is 0 Å². The molecule has 5 heteroatoms. The molecule has 5 rings (SSSR count). The van der Waals surface area contributed by atoms with E-state index in [0.717, 1.165) is 24.6 Å². The van der Waals surface area contributed by atoms with Crippen LogP contribution in [-0.4, -0.2) is 45.0 Å². The number of benzene rings is 1. The average molecular weight is 285 g/mol. The number of nitrogens with one attached hydrogen (secondary N) is 1. The number of nitrogens with zero attached hydrogens (tertiary/aromatic N) is 2. The van der Waals surface area contributed by atoms with E-state index in [2.05, 4.69) is 39.0 Å². The SMILES string of the molecule is O=C1N2CCc3c([nH]c4ccccc34)[C@@H]2[C@@H]2CSCN12. The Morgan fingerprint density at radius 3 is 3.10 bits per heavy atom. The first-order valence-electron chi connectivity index (χ1n) is 7.09. The summed E-state index contributed by atoms with van der Waals surface area (Å²) in [5.74, 6) is 1.91. The summed E-state index contributed by atoms with van der Waals surface area (Å²) in [6.07, 6.45) is 0.968. The zero-order valence-corrected chi connectivity index (χ0v) is 11.8. The van der Waals surface area contributed by atoms with Crippen LogP contribution in [0.25, 0.3) is 10.9 Å². The third-order valence-corrected chi connectivity index (χ3v) is 5.89. The number of carbonyl (C=O) groups excluding carboxylic acids is 1. The van der Waals surface area contributed by atoms with Crippen LogP contribution in [0.4, 0.5) is 4.79 Å². The van der Waals surface area contributed by atoms with Crippen LogP contribution in [0.1, 0.15) is 17.3 Å². The summed E-state index contributed by atoms with van der Waals surface area (Å²) in [6, 6.07) is 9.30. The highest BCUT2D eigenvalue weighted by Crippen LogP contribution is 2.45. The molecule has 0 spiro atoms. The maximum absolute atomic E-state index is 12.5. The number of fused-ring (bicyclic) bond motifs is 7. The van der Waals surface area contributed by atoms with E-state index in [1.54, 1.807) is 0 Å². The number of hydrogen-bond acceptors (Lipinski definition) is 2. The summed E-state index contributed by atoms with van der Waals surface area (Å²) in [7, 11) is 0. The van der Waals surface area contributed by atoms with Gasteiger partial charge in [-0.05, 0) is 18.1 Å². The molecular weight excluding hydrogens is 270 g/mol. The van der Waals surface area contributed by atoms with Crippen LogP contribution in [0.2, 0.25) is 0 Å². The average Bonchev–Trinajstić information content (AvgIpc) is 3.14. The molecule has 0 unspecified atom stereocenters. The van der Waals surface area contributed by atoms with Crippen molar-refractivity contribution in [3.8, 4) is 0 Å². The predicted molar refractivity (Wildman–Crippen MR) is 79.8 cm³/mol. The van der Waals surface area contributed by atoms with Gasteiger partial charge in [-0.15, -0.1) is 11.8 Å². The number of aromatic nitrogens is 1. The van der Waals surface area contributed by atoms with E-state index >= 15 is 0 Å². The van der Waals surface area contributed by atoms with Gasteiger partial charge in [0.25, 0.3) is 0 Å². The summed E-state index contributed by atoms with van der Waals surface area (Å²) >= 11 is 1.87. The van der Waals surface area contributed by atoms with Crippen LogP contribution >= 0.6 is 11.8 Å². The van der Waals surface area contributed by atoms with Crippen molar-refractivity contribution in [2.45, 2.75) is 18.5 Å². The Morgan fingerprint density at radius 2 is 2.15 bits per heavy atom. The second kappa shape index (κ2) is 3.73. The fourth-order valence-electron chi connectivity index (χ4n) is 3.97. The fraction of sp³-hybridized carbons (Fsp3) is 0.400. The molecule has 2 saturated heterocycles. The number of urea groups is 1. The molecular formula is C15H15N3OS. The van der Waals surface area contributed by atoms with Gasteiger partial charge in [0.1, 0.15) is 0 Å². The first kappa shape index (κ1) is 11.1. The van der Waals surface area contributed by atoms with Crippen molar-refractivity contribution in [3.63, 3.8) is 0 Å². The molecule has 0 aliphatic carbocycles. The number of amides is 2. The lowest BCUT2D eigenvalue weighted by Crippen LogP contribution is -2.36. The monoisotopic (exact) mass is 285 g/mol. The standard InChI is InChI=1S/C15H15N3OS/c19-15-17-6-5-10-9-3-1-2-4-11(9)16-13(10)14(17)12-7-20-8-18(12)15/h1-4,12,14,16H,5-8H2/t12-,14-/m0/s1. The lowest BCUT2D eigenvalue weighted by molar-refractivity contribution is 0.188. The van der Waals surface area contributed by atoms with Crippen LogP contribution in [0, 0.1) is 0 Å². The van der Waals surface area contributed by atoms with Crippen molar-refractivity contribution in [1.82, 2.24) is 14.8 Å². The number of para-hydroxylation sites is 1. The third-order valence-electron chi connectivity index (χ3n) is 4.86. The van der Waals surface area contributed by atoms with Gasteiger partial charge in [0.05, 0.1) is 18.0 Å². The molecule has 2 amide bonds. The highest BCUT2D eigenvalue weighted by Gasteiger charge is 2.51. The van der Waals surface area contributed by atoms with Gasteiger partial charge in [0.2, 0.25) is 0 Å². The molecule has 1 aromatic carbocycles. The lowest BCUT2D eigenvalue weighted by Gasteiger charge is -2.30. The molecule has 1 N–H and O–H groups in total. The number of aromatic amines is 1. The molecule has 2 aromatic rings. The van der Waals surface area contributed by atoms with Crippen molar-refractivity contribution in [2.75, 3.05) is 18.2 Å². The van der Waals surface area contributed by atoms with E-state index in [1.807, 2.05) is 11.8 Å². The molecule has 1 aromatic heterocycles. The van der Waals surface area contributed by atoms with Gasteiger partial charge in [-0.25, -0.2) is 4.79 Å². The predicted octanol–water partition coefficient (Wildman–Crippen LogP) is 2.58. The second-order valence-electron chi connectivity index (χ2n) is 5.77. The maximum atomic E-state index is 12.5. The van der Waals surface area contributed by atoms with E-state index in [0.29, 0.717) is 6.04 Å². The number of hydrogen-bond donors (Lipinski definition) is 1. The van der Waals surface area contributed by atoms with Gasteiger partial charge in [-0.1, -0.05) is 18.2 Å². The summed E-state index contributed by atoms with van der Waals surface area (Å²) in [5.41, 5.74) is 3.91. The van der Waals surface area contributed by atoms with Gasteiger partial charge in [-0.2, -0.15) is 0 Å². The minimum Gasteiger partial charge on any atom is -0.356 e. The van der Waals surface area contributed by atoms with Crippen molar-refractivity contribution >= 4 is 28.7 Å². The van der Waals surface area contributed by atoms with Crippen LogP contribution < -0.4 is 0 Å². The summed E-state index contributed by atoms with van der Waals surface area (Å²) in [5, 5.41) is 1.33. The molecule has 0 bridgehead atoms. The lowest BCUT2D eigenvalue weighted by atomic mass is 9.95. The Balaban J connectivity index is 1.73. The maximum Gasteiger partial charge on any atom is 0.321 e. The van der Waals surface area contributed by atoms with E-state index in [4.69, 9.17) is 0 Å². The van der Waals surface area contributed by atoms with E-state index in [1.165, 1.54) is 22.2 Å². The number of rotatable bonds is 0. The van der Waals surface area contributed by atoms with Crippen molar-refractivity contribution in [2.24, 2.45) is 0 Å². The quantitative estimate of drug-likeness (QED) is 0.808. The van der Waals surface area contributed by atoms with Crippen LogP contribution in [0.15, 0.2) is 24.3 Å². The van der Waals surface area contributed by atoms with Crippen LogP contribution in [0.5, 0.6) is 0 Å². The van der Waals surface area contributed by atoms with Gasteiger partial charge < -0.3 is 14.8 Å². The highest BCUT2D eigenvalue weighted by atomic mass is 32.2. The van der Waals surface area contributed by atoms with E-state index in [-0.39, 0.29) is 12.1 Å². The molecule has 4 nitrogen and oxygen atoms in total. The normalized spacial score (nSPS) is 27.9. The molecule has 3 aliphatic rings. The van der Waals surface area contributed by atoms with E-state index < -0.39 is 0 Å². The van der Waals surface area contributed by atoms with Crippen molar-refractivity contribution in [3.05, 3.63) is 35.5 Å². The summed E-state index contributed by atoms with van der Waals surface area (Å²) in [6.45, 7) is 0.857. The second-order valence-corrected chi connectivity index (χ2v) is 6.77. The van der Waals surface area contributed by atoms with Crippen LogP contribution in [0.3, 0.4) is 0 Å². The molecule has 4 heterocycles. The van der Waals surface area contributed by atoms with Gasteiger partial charge in [0, 0.05) is 28.9 Å². The molecule has 102 valence electrons. The zero-order valence-electron chi connectivity index (χ0n) is 11.0. The van der Waals surface area contributed by atoms with Gasteiger partial charge in [0.15, 0.2) is 0 Å². The third kappa shape index (κ3) is 1.22. The molecule has 0 saturated carbocycles. The first-order valence-corrected chi connectivity index (χ1v) is 8.24.